The Morgan fingerprint density at radius 3 is 1.90 bits per heavy atom. The van der Waals surface area contributed by atoms with E-state index in [0.717, 1.165) is 47.2 Å². The third-order valence-corrected chi connectivity index (χ3v) is 7.67. The summed E-state index contributed by atoms with van der Waals surface area (Å²) in [7, 11) is 0. The van der Waals surface area contributed by atoms with Gasteiger partial charge in [0.05, 0.1) is 30.9 Å². The molecule has 0 spiro atoms. The third-order valence-electron chi connectivity index (χ3n) is 6.95. The van der Waals surface area contributed by atoms with E-state index in [1.807, 2.05) is 24.3 Å². The third kappa shape index (κ3) is 12.2. The molecular formula is C40H37IO8. The average molecular weight is 773 g/mol. The maximum atomic E-state index is 13.0. The Balaban J connectivity index is 1.31. The van der Waals surface area contributed by atoms with Crippen LogP contribution in [0.3, 0.4) is 0 Å². The van der Waals surface area contributed by atoms with Crippen LogP contribution in [0.25, 0.3) is 0 Å². The van der Waals surface area contributed by atoms with Crippen LogP contribution < -0.4 is 14.2 Å². The Morgan fingerprint density at radius 2 is 1.27 bits per heavy atom. The smallest absolute Gasteiger partial charge is 0.343 e. The summed E-state index contributed by atoms with van der Waals surface area (Å²) in [5, 5.41) is 0. The molecule has 0 atom stereocenters. The molecule has 0 saturated carbocycles. The molecule has 0 aromatic heterocycles. The monoisotopic (exact) mass is 772 g/mol. The maximum absolute atomic E-state index is 13.0. The quantitative estimate of drug-likeness (QED) is 0.0280. The van der Waals surface area contributed by atoms with Gasteiger partial charge in [0.2, 0.25) is 0 Å². The van der Waals surface area contributed by atoms with Crippen LogP contribution in [0.15, 0.2) is 104 Å². The van der Waals surface area contributed by atoms with Gasteiger partial charge in [0.1, 0.15) is 22.8 Å². The Morgan fingerprint density at radius 1 is 0.694 bits per heavy atom. The first-order valence-electron chi connectivity index (χ1n) is 15.9. The van der Waals surface area contributed by atoms with Gasteiger partial charge in [0, 0.05) is 21.3 Å². The molecule has 4 aromatic carbocycles. The van der Waals surface area contributed by atoms with Crippen molar-refractivity contribution in [2.45, 2.75) is 32.6 Å². The predicted octanol–water partition coefficient (Wildman–Crippen LogP) is 8.45. The molecule has 252 valence electrons. The first kappa shape index (κ1) is 36.9. The lowest BCUT2D eigenvalue weighted by molar-refractivity contribution is 0.0518. The number of benzene rings is 4. The van der Waals surface area contributed by atoms with Crippen molar-refractivity contribution in [3.8, 4) is 29.1 Å². The second kappa shape index (κ2) is 19.8. The normalized spacial score (nSPS) is 10.3. The van der Waals surface area contributed by atoms with Crippen molar-refractivity contribution in [1.82, 2.24) is 0 Å². The fourth-order valence-corrected chi connectivity index (χ4v) is 4.79. The summed E-state index contributed by atoms with van der Waals surface area (Å²) >= 11 is 2.14. The van der Waals surface area contributed by atoms with E-state index in [9.17, 15) is 14.4 Å². The van der Waals surface area contributed by atoms with Gasteiger partial charge in [0.15, 0.2) is 0 Å². The summed E-state index contributed by atoms with van der Waals surface area (Å²) in [6.07, 6.45) is 5.98. The zero-order chi connectivity index (χ0) is 34.8. The fourth-order valence-electron chi connectivity index (χ4n) is 4.43. The zero-order valence-corrected chi connectivity index (χ0v) is 29.4. The number of ether oxygens (including phenoxy) is 5. The molecule has 0 aliphatic rings. The highest BCUT2D eigenvalue weighted by Gasteiger charge is 2.20. The van der Waals surface area contributed by atoms with Crippen LogP contribution in [-0.2, 0) is 9.47 Å². The second-order valence-corrected chi connectivity index (χ2v) is 11.9. The van der Waals surface area contributed by atoms with Crippen molar-refractivity contribution in [2.24, 2.45) is 0 Å². The minimum Gasteiger partial charge on any atom is -0.494 e. The molecule has 9 heteroatoms. The van der Waals surface area contributed by atoms with Crippen LogP contribution in [0.5, 0.6) is 17.2 Å². The Kier molecular flexibility index (Phi) is 14.9. The standard InChI is InChI=1S/C40H37IO8/c1-3-25-45-26-7-5-6-8-27-47-34-21-13-30(14-22-34)10-9-29-11-15-31(16-12-29)39(43)49-37-24-23-35(28-36(37)40(44)46-4-2)48-38(42)32-17-19-33(41)20-18-32/h3,11-24,28H,1,4-8,25-27H2,2H3. The lowest BCUT2D eigenvalue weighted by Gasteiger charge is -2.12. The maximum Gasteiger partial charge on any atom is 0.343 e. The van der Waals surface area contributed by atoms with Crippen LogP contribution in [0, 0.1) is 15.4 Å². The van der Waals surface area contributed by atoms with Gasteiger partial charge in [-0.1, -0.05) is 24.3 Å². The predicted molar refractivity (Wildman–Crippen MR) is 195 cm³/mol. The van der Waals surface area contributed by atoms with Gasteiger partial charge in [0.25, 0.3) is 0 Å². The van der Waals surface area contributed by atoms with Crippen LogP contribution in [-0.4, -0.2) is 44.3 Å². The first-order valence-corrected chi connectivity index (χ1v) is 17.0. The minimum absolute atomic E-state index is 0.0289. The van der Waals surface area contributed by atoms with E-state index >= 15 is 0 Å². The number of hydrogen-bond donors (Lipinski definition) is 0. The van der Waals surface area contributed by atoms with Crippen molar-refractivity contribution >= 4 is 40.5 Å². The molecule has 0 unspecified atom stereocenters. The average Bonchev–Trinajstić information content (AvgIpc) is 3.11. The zero-order valence-electron chi connectivity index (χ0n) is 27.2. The molecule has 4 aromatic rings. The Hall–Kier alpha value is -4.92. The first-order chi connectivity index (χ1) is 23.9. The highest BCUT2D eigenvalue weighted by atomic mass is 127. The van der Waals surface area contributed by atoms with Crippen molar-refractivity contribution < 1.29 is 38.1 Å². The van der Waals surface area contributed by atoms with Crippen LogP contribution >= 0.6 is 22.6 Å². The fraction of sp³-hybridized carbons (Fsp3) is 0.225. The number of rotatable bonds is 16. The molecule has 0 fully saturated rings. The second-order valence-electron chi connectivity index (χ2n) is 10.6. The molecule has 0 saturated heterocycles. The summed E-state index contributed by atoms with van der Waals surface area (Å²) in [5.74, 6) is 5.09. The summed E-state index contributed by atoms with van der Waals surface area (Å²) in [5.41, 5.74) is 2.09. The minimum atomic E-state index is -0.723. The number of halogens is 1. The number of esters is 3. The van der Waals surface area contributed by atoms with Gasteiger partial charge in [-0.2, -0.15) is 0 Å². The summed E-state index contributed by atoms with van der Waals surface area (Å²) in [6.45, 7) is 7.42. The molecule has 8 nitrogen and oxygen atoms in total. The molecule has 0 radical (unpaired) electrons. The number of carbonyl (C=O) groups is 3. The van der Waals surface area contributed by atoms with Gasteiger partial charge in [-0.15, -0.1) is 6.58 Å². The SMILES string of the molecule is C=CCOCCCCCCOc1ccc(C#Cc2ccc(C(=O)Oc3ccc(OC(=O)c4ccc(I)cc4)cc3C(=O)OCC)cc2)cc1. The van der Waals surface area contributed by atoms with E-state index in [-0.39, 0.29) is 29.2 Å². The number of unbranched alkanes of at least 4 members (excludes halogenated alkanes) is 3. The van der Waals surface area contributed by atoms with Crippen LogP contribution in [0.1, 0.15) is 74.8 Å². The molecule has 49 heavy (non-hydrogen) atoms. The largest absolute Gasteiger partial charge is 0.494 e. The summed E-state index contributed by atoms with van der Waals surface area (Å²) < 4.78 is 28.4. The van der Waals surface area contributed by atoms with Crippen molar-refractivity contribution in [1.29, 1.82) is 0 Å². The molecule has 0 N–H and O–H groups in total. The van der Waals surface area contributed by atoms with Crippen LogP contribution in [0.2, 0.25) is 0 Å². The number of hydrogen-bond acceptors (Lipinski definition) is 8. The van der Waals surface area contributed by atoms with Crippen molar-refractivity contribution in [3.63, 3.8) is 0 Å². The molecule has 4 rings (SSSR count). The number of carbonyl (C=O) groups excluding carboxylic acids is 3. The highest BCUT2D eigenvalue weighted by molar-refractivity contribution is 14.1. The van der Waals surface area contributed by atoms with E-state index < -0.39 is 17.9 Å². The van der Waals surface area contributed by atoms with Gasteiger partial charge in [-0.05, 0) is 140 Å². The lowest BCUT2D eigenvalue weighted by atomic mass is 10.1. The molecule has 0 heterocycles. The highest BCUT2D eigenvalue weighted by Crippen LogP contribution is 2.27. The van der Waals surface area contributed by atoms with Gasteiger partial charge in [-0.3, -0.25) is 0 Å². The van der Waals surface area contributed by atoms with E-state index in [1.54, 1.807) is 61.5 Å². The van der Waals surface area contributed by atoms with Crippen molar-refractivity contribution in [3.05, 3.63) is 135 Å². The summed E-state index contributed by atoms with van der Waals surface area (Å²) in [4.78, 5) is 38.3. The van der Waals surface area contributed by atoms with Crippen molar-refractivity contribution in [2.75, 3.05) is 26.4 Å². The molecular weight excluding hydrogens is 735 g/mol. The van der Waals surface area contributed by atoms with E-state index in [4.69, 9.17) is 23.7 Å². The lowest BCUT2D eigenvalue weighted by Crippen LogP contribution is -2.14. The topological polar surface area (TPSA) is 97.4 Å². The Bertz CT molecular complexity index is 1770. The van der Waals surface area contributed by atoms with E-state index in [0.29, 0.717) is 24.3 Å². The molecule has 0 amide bonds. The molecule has 0 aliphatic heterocycles. The summed E-state index contributed by atoms with van der Waals surface area (Å²) in [6, 6.07) is 25.2. The van der Waals surface area contributed by atoms with Gasteiger partial charge < -0.3 is 23.7 Å². The molecule has 0 bridgehead atoms. The Labute approximate surface area is 300 Å². The molecule has 0 aliphatic carbocycles. The van der Waals surface area contributed by atoms with Gasteiger partial charge in [-0.25, -0.2) is 14.4 Å². The van der Waals surface area contributed by atoms with E-state index in [2.05, 4.69) is 41.0 Å². The van der Waals surface area contributed by atoms with E-state index in [1.165, 1.54) is 18.2 Å². The van der Waals surface area contributed by atoms with Gasteiger partial charge >= 0.3 is 17.9 Å². The van der Waals surface area contributed by atoms with Crippen LogP contribution in [0.4, 0.5) is 0 Å².